The fraction of sp³-hybridized carbons (Fsp3) is 0.294. The summed E-state index contributed by atoms with van der Waals surface area (Å²) < 4.78 is 21.8. The van der Waals surface area contributed by atoms with E-state index in [-0.39, 0.29) is 58.0 Å². The predicted octanol–water partition coefficient (Wildman–Crippen LogP) is 7.55. The van der Waals surface area contributed by atoms with Gasteiger partial charge in [0.15, 0.2) is 0 Å². The fourth-order valence-electron chi connectivity index (χ4n) is 6.37. The lowest BCUT2D eigenvalue weighted by Crippen LogP contribution is -2.53. The number of hydrogen-bond donors (Lipinski definition) is 4. The number of carbonyl (C=O) groups is 6. The second-order valence-electron chi connectivity index (χ2n) is 15.2. The van der Waals surface area contributed by atoms with Crippen LogP contribution in [0, 0.1) is 0 Å². The molecule has 14 nitrogen and oxygen atoms in total. The van der Waals surface area contributed by atoms with Crippen molar-refractivity contribution in [2.75, 3.05) is 12.3 Å². The molecule has 4 N–H and O–H groups in total. The zero-order valence-corrected chi connectivity index (χ0v) is 37.5. The van der Waals surface area contributed by atoms with Crippen molar-refractivity contribution in [2.45, 2.75) is 82.4 Å². The Morgan fingerprint density at radius 2 is 0.864 bits per heavy atom. The summed E-state index contributed by atoms with van der Waals surface area (Å²) in [6.45, 7) is 0.270. The van der Waals surface area contributed by atoms with Gasteiger partial charge in [0.1, 0.15) is 44.6 Å². The average Bonchev–Trinajstić information content (AvgIpc) is 3.35. The van der Waals surface area contributed by atoms with Crippen molar-refractivity contribution in [2.24, 2.45) is 0 Å². The summed E-state index contributed by atoms with van der Waals surface area (Å²) in [6.07, 6.45) is -0.835. The van der Waals surface area contributed by atoms with Gasteiger partial charge < -0.3 is 40.2 Å². The van der Waals surface area contributed by atoms with Crippen LogP contribution < -0.4 is 21.3 Å². The van der Waals surface area contributed by atoms with Gasteiger partial charge in [-0.1, -0.05) is 152 Å². The Morgan fingerprint density at radius 3 is 1.35 bits per heavy atom. The van der Waals surface area contributed by atoms with Crippen LogP contribution in [0.3, 0.4) is 0 Å². The number of esters is 2. The van der Waals surface area contributed by atoms with Gasteiger partial charge in [0.25, 0.3) is 0 Å². The molecule has 0 aliphatic carbocycles. The molecule has 0 aliphatic heterocycles. The summed E-state index contributed by atoms with van der Waals surface area (Å²) in [7, 11) is 0. The van der Waals surface area contributed by atoms with E-state index < -0.39 is 54.1 Å². The molecular formula is C51H56N4O10S. The van der Waals surface area contributed by atoms with Gasteiger partial charge in [-0.3, -0.25) is 9.59 Å². The third kappa shape index (κ3) is 19.3. The predicted molar refractivity (Wildman–Crippen MR) is 250 cm³/mol. The molecule has 0 bridgehead atoms. The number of unbranched alkanes of at least 4 members (excludes halogenated alkanes) is 1. The van der Waals surface area contributed by atoms with Crippen LogP contribution in [0.15, 0.2) is 152 Å². The fourth-order valence-corrected chi connectivity index (χ4v) is 7.38. The van der Waals surface area contributed by atoms with Crippen LogP contribution in [0.5, 0.6) is 0 Å². The molecule has 0 heterocycles. The standard InChI is InChI=1S/C51H56N4O10S/c56-46(30-29-44(49(59)63-33-39-20-8-2-9-21-39)55-51(61)65-35-41-24-12-4-13-25-41)53-45(37-66-36-42-26-14-5-15-27-42)47(57)54-43(48(58)62-32-38-18-6-1-7-19-38)28-16-17-31-52-50(60)64-34-40-22-10-3-11-23-40/h1-15,18-27,43-45H,16-17,28-37H2,(H,52,60)(H,53,56)(H,54,57)(H,55,61)/t43-,44+,45-/m0/s1. The van der Waals surface area contributed by atoms with Crippen LogP contribution in [-0.2, 0) is 70.3 Å². The number of ether oxygens (including phenoxy) is 4. The summed E-state index contributed by atoms with van der Waals surface area (Å²) in [5.41, 5.74) is 4.09. The topological polar surface area (TPSA) is 187 Å². The Balaban J connectivity index is 1.22. The summed E-state index contributed by atoms with van der Waals surface area (Å²) >= 11 is 1.41. The van der Waals surface area contributed by atoms with Crippen molar-refractivity contribution in [3.63, 3.8) is 0 Å². The maximum Gasteiger partial charge on any atom is 0.408 e. The van der Waals surface area contributed by atoms with E-state index in [0.717, 1.165) is 27.8 Å². The molecule has 0 aromatic heterocycles. The minimum atomic E-state index is -1.26. The lowest BCUT2D eigenvalue weighted by Gasteiger charge is -2.23. The average molecular weight is 917 g/mol. The van der Waals surface area contributed by atoms with Gasteiger partial charge in [-0.15, -0.1) is 0 Å². The van der Waals surface area contributed by atoms with Crippen LogP contribution in [0.25, 0.3) is 0 Å². The first-order chi connectivity index (χ1) is 32.2. The number of thioether (sulfide) groups is 1. The Labute approximate surface area is 389 Å². The summed E-state index contributed by atoms with van der Waals surface area (Å²) in [4.78, 5) is 79.9. The van der Waals surface area contributed by atoms with Gasteiger partial charge >= 0.3 is 24.1 Å². The summed E-state index contributed by atoms with van der Waals surface area (Å²) in [6, 6.07) is 42.6. The van der Waals surface area contributed by atoms with E-state index in [9.17, 15) is 28.8 Å². The van der Waals surface area contributed by atoms with Crippen molar-refractivity contribution in [1.82, 2.24) is 21.3 Å². The first-order valence-electron chi connectivity index (χ1n) is 21.8. The molecule has 0 unspecified atom stereocenters. The van der Waals surface area contributed by atoms with Crippen LogP contribution in [0.2, 0.25) is 0 Å². The number of benzene rings is 5. The molecule has 0 spiro atoms. The van der Waals surface area contributed by atoms with Crippen LogP contribution in [0.4, 0.5) is 9.59 Å². The highest BCUT2D eigenvalue weighted by atomic mass is 32.2. The highest BCUT2D eigenvalue weighted by Crippen LogP contribution is 2.15. The van der Waals surface area contributed by atoms with Gasteiger partial charge in [-0.05, 0) is 53.5 Å². The summed E-state index contributed by atoms with van der Waals surface area (Å²) in [5, 5.41) is 10.8. The summed E-state index contributed by atoms with van der Waals surface area (Å²) in [5.74, 6) is -1.95. The molecular weight excluding hydrogens is 861 g/mol. The molecule has 5 aromatic carbocycles. The van der Waals surface area contributed by atoms with Crippen molar-refractivity contribution in [3.8, 4) is 0 Å². The minimum Gasteiger partial charge on any atom is -0.459 e. The third-order valence-electron chi connectivity index (χ3n) is 9.95. The number of nitrogens with one attached hydrogen (secondary N) is 4. The number of hydrogen-bond acceptors (Lipinski definition) is 11. The van der Waals surface area contributed by atoms with E-state index in [1.165, 1.54) is 11.8 Å². The van der Waals surface area contributed by atoms with Crippen molar-refractivity contribution in [1.29, 1.82) is 0 Å². The molecule has 15 heteroatoms. The first-order valence-corrected chi connectivity index (χ1v) is 22.9. The molecule has 0 saturated carbocycles. The second-order valence-corrected chi connectivity index (χ2v) is 16.2. The smallest absolute Gasteiger partial charge is 0.408 e. The van der Waals surface area contributed by atoms with Crippen LogP contribution >= 0.6 is 11.8 Å². The Bertz CT molecular complexity index is 2240. The highest BCUT2D eigenvalue weighted by molar-refractivity contribution is 7.98. The van der Waals surface area contributed by atoms with Gasteiger partial charge in [0.2, 0.25) is 11.8 Å². The maximum absolute atomic E-state index is 14.1. The van der Waals surface area contributed by atoms with Gasteiger partial charge in [-0.2, -0.15) is 11.8 Å². The first kappa shape index (κ1) is 49.9. The largest absolute Gasteiger partial charge is 0.459 e. The van der Waals surface area contributed by atoms with E-state index in [1.54, 1.807) is 48.5 Å². The molecule has 346 valence electrons. The molecule has 0 fully saturated rings. The monoisotopic (exact) mass is 916 g/mol. The zero-order valence-electron chi connectivity index (χ0n) is 36.6. The number of rotatable bonds is 26. The lowest BCUT2D eigenvalue weighted by atomic mass is 10.1. The third-order valence-corrected chi connectivity index (χ3v) is 11.1. The zero-order chi connectivity index (χ0) is 46.6. The van der Waals surface area contributed by atoms with Gasteiger partial charge in [0.05, 0.1) is 0 Å². The van der Waals surface area contributed by atoms with Gasteiger partial charge in [0, 0.05) is 24.5 Å². The Kier molecular flexibility index (Phi) is 21.6. The Hall–Kier alpha value is -7.13. The van der Waals surface area contributed by atoms with E-state index in [1.807, 2.05) is 103 Å². The number of carbonyl (C=O) groups excluding carboxylic acids is 6. The number of alkyl carbamates (subject to hydrolysis) is 2. The van der Waals surface area contributed by atoms with E-state index in [0.29, 0.717) is 18.6 Å². The Morgan fingerprint density at radius 1 is 0.439 bits per heavy atom. The second kappa shape index (κ2) is 28.6. The molecule has 0 saturated heterocycles. The molecule has 66 heavy (non-hydrogen) atoms. The molecule has 4 amide bonds. The van der Waals surface area contributed by atoms with Crippen molar-refractivity contribution in [3.05, 3.63) is 179 Å². The molecule has 3 atom stereocenters. The molecule has 5 aromatic rings. The van der Waals surface area contributed by atoms with Gasteiger partial charge in [-0.25, -0.2) is 19.2 Å². The molecule has 0 aliphatic rings. The van der Waals surface area contributed by atoms with Crippen molar-refractivity contribution < 1.29 is 47.7 Å². The quantitative estimate of drug-likeness (QED) is 0.0244. The highest BCUT2D eigenvalue weighted by Gasteiger charge is 2.29. The van der Waals surface area contributed by atoms with E-state index in [4.69, 9.17) is 18.9 Å². The molecule has 5 rings (SSSR count). The normalized spacial score (nSPS) is 12.0. The maximum atomic E-state index is 14.1. The van der Waals surface area contributed by atoms with E-state index >= 15 is 0 Å². The van der Waals surface area contributed by atoms with Crippen LogP contribution in [0.1, 0.15) is 59.9 Å². The number of amides is 4. The van der Waals surface area contributed by atoms with E-state index in [2.05, 4.69) is 21.3 Å². The lowest BCUT2D eigenvalue weighted by molar-refractivity contribution is -0.149. The molecule has 0 radical (unpaired) electrons. The van der Waals surface area contributed by atoms with Crippen LogP contribution in [-0.4, -0.2) is 66.4 Å². The van der Waals surface area contributed by atoms with Crippen molar-refractivity contribution >= 4 is 47.7 Å². The minimum absolute atomic E-state index is 0.0171. The SMILES string of the molecule is O=C(CC[C@@H](NC(=O)OCc1ccccc1)C(=O)OCc1ccccc1)N[C@@H](CSCc1ccccc1)C(=O)N[C@@H](CCCCNC(=O)OCc1ccccc1)C(=O)OCc1ccccc1.